The summed E-state index contributed by atoms with van der Waals surface area (Å²) in [5, 5.41) is 4.24. The van der Waals surface area contributed by atoms with E-state index >= 15 is 0 Å². The van der Waals surface area contributed by atoms with Crippen molar-refractivity contribution in [2.45, 2.75) is 11.8 Å². The van der Waals surface area contributed by atoms with Crippen LogP contribution in [0.1, 0.15) is 11.1 Å². The predicted molar refractivity (Wildman–Crippen MR) is 139 cm³/mol. The van der Waals surface area contributed by atoms with Gasteiger partial charge in [-0.25, -0.2) is 13.8 Å². The minimum atomic E-state index is -4.17. The van der Waals surface area contributed by atoms with Crippen molar-refractivity contribution in [1.29, 1.82) is 0 Å². The average Bonchev–Trinajstić information content (AvgIpc) is 2.87. The van der Waals surface area contributed by atoms with Gasteiger partial charge in [-0.05, 0) is 49.4 Å². The smallest absolute Gasteiger partial charge is 0.264 e. The van der Waals surface area contributed by atoms with Crippen LogP contribution >= 0.6 is 11.6 Å². The lowest BCUT2D eigenvalue weighted by Gasteiger charge is -2.25. The van der Waals surface area contributed by atoms with Crippen molar-refractivity contribution in [1.82, 2.24) is 5.43 Å². The quantitative estimate of drug-likeness (QED) is 0.313. The van der Waals surface area contributed by atoms with Gasteiger partial charge in [0.05, 0.1) is 38.1 Å². The van der Waals surface area contributed by atoms with E-state index in [0.717, 1.165) is 9.87 Å². The van der Waals surface area contributed by atoms with Crippen LogP contribution in [0.2, 0.25) is 5.02 Å². The fraction of sp³-hybridized carbons (Fsp3) is 0.200. The van der Waals surface area contributed by atoms with Crippen LogP contribution < -0.4 is 23.9 Å². The zero-order valence-corrected chi connectivity index (χ0v) is 21.8. The molecule has 0 aliphatic carbocycles. The summed E-state index contributed by atoms with van der Waals surface area (Å²) in [5.74, 6) is 0.472. The van der Waals surface area contributed by atoms with E-state index in [-0.39, 0.29) is 21.4 Å². The van der Waals surface area contributed by atoms with Crippen molar-refractivity contribution in [3.05, 3.63) is 76.8 Å². The Morgan fingerprint density at radius 2 is 1.69 bits per heavy atom. The lowest BCUT2D eigenvalue weighted by atomic mass is 10.2. The molecule has 0 atom stereocenters. The van der Waals surface area contributed by atoms with E-state index in [2.05, 4.69) is 10.5 Å². The standard InChI is InChI=1S/C25H26ClN3O6S/c1-17-8-11-20(12-9-17)36(31,32)29(21-14-19(26)10-13-22(21)33-2)16-24(30)28-27-15-18-6-5-7-23(34-3)25(18)35-4/h5-15H,16H2,1-4H3,(H,28,30)/b27-15-. The number of carbonyl (C=O) groups excluding carboxylic acids is 1. The summed E-state index contributed by atoms with van der Waals surface area (Å²) in [6, 6.07) is 16.0. The molecule has 0 radical (unpaired) electrons. The highest BCUT2D eigenvalue weighted by molar-refractivity contribution is 7.92. The SMILES string of the molecule is COc1ccc(Cl)cc1N(CC(=O)N/N=C\c1cccc(OC)c1OC)S(=O)(=O)c1ccc(C)cc1. The van der Waals surface area contributed by atoms with E-state index in [1.807, 2.05) is 6.92 Å². The number of aryl methyl sites for hydroxylation is 1. The Balaban J connectivity index is 1.93. The number of rotatable bonds is 10. The van der Waals surface area contributed by atoms with Crippen LogP contribution in [0.3, 0.4) is 0 Å². The van der Waals surface area contributed by atoms with E-state index in [4.69, 9.17) is 25.8 Å². The Morgan fingerprint density at radius 1 is 1.00 bits per heavy atom. The third-order valence-electron chi connectivity index (χ3n) is 5.13. The Labute approximate surface area is 215 Å². The van der Waals surface area contributed by atoms with Crippen molar-refractivity contribution >= 4 is 39.4 Å². The summed E-state index contributed by atoms with van der Waals surface area (Å²) in [4.78, 5) is 12.9. The molecule has 3 aromatic carbocycles. The molecule has 1 amide bonds. The molecule has 0 saturated heterocycles. The van der Waals surface area contributed by atoms with Gasteiger partial charge in [-0.15, -0.1) is 0 Å². The maximum atomic E-state index is 13.6. The van der Waals surface area contributed by atoms with Gasteiger partial charge in [0.15, 0.2) is 11.5 Å². The third kappa shape index (κ3) is 6.07. The molecule has 0 spiro atoms. The number of nitrogens with one attached hydrogen (secondary N) is 1. The van der Waals surface area contributed by atoms with Gasteiger partial charge in [-0.2, -0.15) is 5.10 Å². The number of methoxy groups -OCH3 is 3. The Kier molecular flexibility index (Phi) is 8.78. The number of hydrazone groups is 1. The molecular weight excluding hydrogens is 506 g/mol. The van der Waals surface area contributed by atoms with Gasteiger partial charge in [-0.3, -0.25) is 9.10 Å². The Bertz CT molecular complexity index is 1360. The number of benzene rings is 3. The number of halogens is 1. The first-order valence-electron chi connectivity index (χ1n) is 10.7. The Morgan fingerprint density at radius 3 is 2.33 bits per heavy atom. The van der Waals surface area contributed by atoms with Crippen molar-refractivity contribution in [2.24, 2.45) is 5.10 Å². The number of hydrogen-bond donors (Lipinski definition) is 1. The summed E-state index contributed by atoms with van der Waals surface area (Å²) in [5.41, 5.74) is 3.91. The molecule has 0 unspecified atom stereocenters. The zero-order chi connectivity index (χ0) is 26.3. The van der Waals surface area contributed by atoms with Crippen LogP contribution in [0.15, 0.2) is 70.7 Å². The summed E-state index contributed by atoms with van der Waals surface area (Å²) >= 11 is 6.15. The van der Waals surface area contributed by atoms with Crippen LogP contribution in [-0.2, 0) is 14.8 Å². The number of anilines is 1. The minimum absolute atomic E-state index is 0.00699. The van der Waals surface area contributed by atoms with Gasteiger partial charge >= 0.3 is 0 Å². The molecular formula is C25H26ClN3O6S. The van der Waals surface area contributed by atoms with Crippen LogP contribution in [-0.4, -0.2) is 48.4 Å². The molecule has 36 heavy (non-hydrogen) atoms. The second kappa shape index (κ2) is 11.8. The molecule has 3 rings (SSSR count). The highest BCUT2D eigenvalue weighted by Gasteiger charge is 2.29. The summed E-state index contributed by atoms with van der Waals surface area (Å²) in [7, 11) is 0.225. The topological polar surface area (TPSA) is 107 Å². The zero-order valence-electron chi connectivity index (χ0n) is 20.2. The highest BCUT2D eigenvalue weighted by atomic mass is 35.5. The number of carbonyl (C=O) groups is 1. The lowest BCUT2D eigenvalue weighted by molar-refractivity contribution is -0.119. The second-order valence-corrected chi connectivity index (χ2v) is 9.82. The van der Waals surface area contributed by atoms with Crippen molar-refractivity contribution in [3.63, 3.8) is 0 Å². The van der Waals surface area contributed by atoms with Crippen LogP contribution in [0.5, 0.6) is 17.2 Å². The summed E-state index contributed by atoms with van der Waals surface area (Å²) in [6.07, 6.45) is 1.37. The number of amides is 1. The molecule has 0 aromatic heterocycles. The number of hydrogen-bond acceptors (Lipinski definition) is 7. The maximum absolute atomic E-state index is 13.6. The molecule has 9 nitrogen and oxygen atoms in total. The first kappa shape index (κ1) is 26.8. The molecule has 0 heterocycles. The lowest BCUT2D eigenvalue weighted by Crippen LogP contribution is -2.39. The summed E-state index contributed by atoms with van der Waals surface area (Å²) in [6.45, 7) is 1.26. The largest absolute Gasteiger partial charge is 0.495 e. The highest BCUT2D eigenvalue weighted by Crippen LogP contribution is 2.35. The molecule has 0 aliphatic rings. The van der Waals surface area contributed by atoms with Gasteiger partial charge in [0.2, 0.25) is 0 Å². The molecule has 0 fully saturated rings. The first-order chi connectivity index (χ1) is 17.2. The second-order valence-electron chi connectivity index (χ2n) is 7.52. The summed E-state index contributed by atoms with van der Waals surface area (Å²) < 4.78 is 44.0. The van der Waals surface area contributed by atoms with Gasteiger partial charge in [-0.1, -0.05) is 35.4 Å². The third-order valence-corrected chi connectivity index (χ3v) is 7.14. The Hall–Kier alpha value is -3.76. The van der Waals surface area contributed by atoms with E-state index in [1.165, 1.54) is 51.8 Å². The minimum Gasteiger partial charge on any atom is -0.495 e. The van der Waals surface area contributed by atoms with Crippen molar-refractivity contribution < 1.29 is 27.4 Å². The molecule has 0 bridgehead atoms. The van der Waals surface area contributed by atoms with E-state index in [9.17, 15) is 13.2 Å². The molecule has 3 aromatic rings. The number of sulfonamides is 1. The normalized spacial score (nSPS) is 11.2. The van der Waals surface area contributed by atoms with Crippen LogP contribution in [0.25, 0.3) is 0 Å². The van der Waals surface area contributed by atoms with Crippen molar-refractivity contribution in [2.75, 3.05) is 32.2 Å². The molecule has 11 heteroatoms. The fourth-order valence-electron chi connectivity index (χ4n) is 3.35. The first-order valence-corrected chi connectivity index (χ1v) is 12.5. The fourth-order valence-corrected chi connectivity index (χ4v) is 4.94. The van der Waals surface area contributed by atoms with Gasteiger partial charge in [0, 0.05) is 10.6 Å². The number of nitrogens with zero attached hydrogens (tertiary/aromatic N) is 2. The van der Waals surface area contributed by atoms with E-state index in [1.54, 1.807) is 36.4 Å². The van der Waals surface area contributed by atoms with Gasteiger partial charge in [0.1, 0.15) is 12.3 Å². The molecule has 0 saturated carbocycles. The van der Waals surface area contributed by atoms with Crippen LogP contribution in [0, 0.1) is 6.92 Å². The average molecular weight is 532 g/mol. The van der Waals surface area contributed by atoms with Crippen molar-refractivity contribution in [3.8, 4) is 17.2 Å². The monoisotopic (exact) mass is 531 g/mol. The number of ether oxygens (including phenoxy) is 3. The van der Waals surface area contributed by atoms with E-state index < -0.39 is 22.5 Å². The number of para-hydroxylation sites is 1. The molecule has 1 N–H and O–H groups in total. The maximum Gasteiger partial charge on any atom is 0.264 e. The molecule has 0 aliphatic heterocycles. The molecule has 190 valence electrons. The van der Waals surface area contributed by atoms with Crippen LogP contribution in [0.4, 0.5) is 5.69 Å². The van der Waals surface area contributed by atoms with Gasteiger partial charge < -0.3 is 14.2 Å². The van der Waals surface area contributed by atoms with Gasteiger partial charge in [0.25, 0.3) is 15.9 Å². The van der Waals surface area contributed by atoms with E-state index in [0.29, 0.717) is 17.1 Å². The predicted octanol–water partition coefficient (Wildman–Crippen LogP) is 4.02.